The van der Waals surface area contributed by atoms with Crippen molar-refractivity contribution in [1.29, 1.82) is 0 Å². The van der Waals surface area contributed by atoms with Gasteiger partial charge in [-0.15, -0.1) is 23.1 Å². The quantitative estimate of drug-likeness (QED) is 0.0922. The van der Waals surface area contributed by atoms with Crippen LogP contribution >= 0.6 is 23.1 Å². The maximum atomic E-state index is 13.6. The first-order valence-corrected chi connectivity index (χ1v) is 16.7. The van der Waals surface area contributed by atoms with Crippen LogP contribution in [0.4, 0.5) is 10.8 Å². The maximum Gasteiger partial charge on any atom is 0.272 e. The number of rotatable bonds is 12. The Morgan fingerprint density at radius 2 is 1.60 bits per heavy atom. The molecule has 0 aliphatic carbocycles. The van der Waals surface area contributed by atoms with Crippen LogP contribution in [0.5, 0.6) is 5.75 Å². The van der Waals surface area contributed by atoms with Crippen molar-refractivity contribution in [3.05, 3.63) is 131 Å². The van der Waals surface area contributed by atoms with E-state index in [0.29, 0.717) is 34.3 Å². The molecule has 0 aliphatic rings. The molecule has 10 heteroatoms. The van der Waals surface area contributed by atoms with Crippen LogP contribution in [0.1, 0.15) is 34.6 Å². The lowest BCUT2D eigenvalue weighted by Gasteiger charge is -2.14. The molecule has 1 unspecified atom stereocenters. The molecular weight excluding hydrogens is 629 g/mol. The Bertz CT molecular complexity index is 1890. The van der Waals surface area contributed by atoms with Crippen molar-refractivity contribution in [2.75, 3.05) is 17.2 Å². The summed E-state index contributed by atoms with van der Waals surface area (Å²) in [6.07, 6.45) is 1.59. The number of aromatic nitrogens is 1. The fourth-order valence-corrected chi connectivity index (χ4v) is 6.37. The van der Waals surface area contributed by atoms with Gasteiger partial charge in [0.15, 0.2) is 5.13 Å². The van der Waals surface area contributed by atoms with Gasteiger partial charge >= 0.3 is 0 Å². The van der Waals surface area contributed by atoms with Crippen LogP contribution in [0.3, 0.4) is 0 Å². The minimum atomic E-state index is -0.512. The molecule has 1 aromatic heterocycles. The van der Waals surface area contributed by atoms with Gasteiger partial charge in [-0.25, -0.2) is 4.98 Å². The lowest BCUT2D eigenvalue weighted by atomic mass is 10.1. The number of thiazole rings is 1. The molecule has 0 saturated carbocycles. The average Bonchev–Trinajstić information content (AvgIpc) is 3.45. The summed E-state index contributed by atoms with van der Waals surface area (Å²) in [6, 6.07) is 33.0. The third kappa shape index (κ3) is 8.96. The molecule has 0 spiro atoms. The number of benzene rings is 4. The average molecular weight is 663 g/mol. The topological polar surface area (TPSA) is 109 Å². The number of para-hydroxylation sites is 1. The summed E-state index contributed by atoms with van der Waals surface area (Å²) in [5.74, 6) is -0.526. The van der Waals surface area contributed by atoms with Gasteiger partial charge in [0.2, 0.25) is 5.91 Å². The Labute approximate surface area is 282 Å². The molecule has 1 atom stereocenters. The Morgan fingerprint density at radius 1 is 0.894 bits per heavy atom. The highest BCUT2D eigenvalue weighted by Crippen LogP contribution is 2.32. The molecular formula is C37H34N4O4S2. The second kappa shape index (κ2) is 15.9. The highest BCUT2D eigenvalue weighted by molar-refractivity contribution is 8.00. The third-order valence-corrected chi connectivity index (χ3v) is 8.88. The summed E-state index contributed by atoms with van der Waals surface area (Å²) in [5, 5.41) is 8.70. The Balaban J connectivity index is 1.29. The monoisotopic (exact) mass is 662 g/mol. The van der Waals surface area contributed by atoms with E-state index in [9.17, 15) is 14.4 Å². The molecule has 4 aromatic carbocycles. The molecule has 0 fully saturated rings. The zero-order chi connectivity index (χ0) is 33.2. The smallest absolute Gasteiger partial charge is 0.272 e. The summed E-state index contributed by atoms with van der Waals surface area (Å²) in [7, 11) is 0. The summed E-state index contributed by atoms with van der Waals surface area (Å²) < 4.78 is 5.73. The molecule has 0 radical (unpaired) electrons. The van der Waals surface area contributed by atoms with Gasteiger partial charge < -0.3 is 20.7 Å². The minimum Gasteiger partial charge on any atom is -0.493 e. The summed E-state index contributed by atoms with van der Waals surface area (Å²) in [4.78, 5) is 46.2. The number of anilines is 2. The van der Waals surface area contributed by atoms with Crippen LogP contribution in [0.15, 0.2) is 120 Å². The Morgan fingerprint density at radius 3 is 2.34 bits per heavy atom. The van der Waals surface area contributed by atoms with Crippen LogP contribution in [0, 0.1) is 6.92 Å². The molecule has 238 valence electrons. The number of hydrogen-bond donors (Lipinski definition) is 3. The number of hydrogen-bond acceptors (Lipinski definition) is 7. The number of aryl methyl sites for hydroxylation is 1. The lowest BCUT2D eigenvalue weighted by molar-refractivity contribution is -0.115. The van der Waals surface area contributed by atoms with Crippen molar-refractivity contribution in [1.82, 2.24) is 10.3 Å². The Hall–Kier alpha value is -5.19. The first-order valence-electron chi connectivity index (χ1n) is 15.0. The highest BCUT2D eigenvalue weighted by atomic mass is 32.2. The lowest BCUT2D eigenvalue weighted by Crippen LogP contribution is -2.30. The van der Waals surface area contributed by atoms with Gasteiger partial charge in [0, 0.05) is 32.2 Å². The fourth-order valence-electron chi connectivity index (χ4n) is 4.61. The normalized spacial score (nSPS) is 11.8. The summed E-state index contributed by atoms with van der Waals surface area (Å²) in [6.45, 7) is 6.13. The maximum absolute atomic E-state index is 13.6. The molecule has 47 heavy (non-hydrogen) atoms. The van der Waals surface area contributed by atoms with E-state index in [4.69, 9.17) is 4.74 Å². The van der Waals surface area contributed by atoms with Gasteiger partial charge in [-0.1, -0.05) is 72.8 Å². The number of amides is 3. The van der Waals surface area contributed by atoms with Crippen LogP contribution in [-0.2, 0) is 9.59 Å². The van der Waals surface area contributed by atoms with Crippen LogP contribution in [0.2, 0.25) is 0 Å². The molecule has 0 aliphatic heterocycles. The number of carbonyl (C=O) groups excluding carboxylic acids is 3. The Kier molecular flexibility index (Phi) is 11.2. The van der Waals surface area contributed by atoms with Crippen molar-refractivity contribution in [2.45, 2.75) is 30.9 Å². The molecule has 1 heterocycles. The van der Waals surface area contributed by atoms with E-state index in [1.165, 1.54) is 23.1 Å². The van der Waals surface area contributed by atoms with Crippen molar-refractivity contribution in [2.24, 2.45) is 0 Å². The van der Waals surface area contributed by atoms with E-state index in [1.807, 2.05) is 81.4 Å². The fraction of sp³-hybridized carbons (Fsp3) is 0.135. The van der Waals surface area contributed by atoms with Gasteiger partial charge in [-0.2, -0.15) is 0 Å². The molecule has 3 N–H and O–H groups in total. The van der Waals surface area contributed by atoms with Crippen molar-refractivity contribution >= 4 is 57.7 Å². The van der Waals surface area contributed by atoms with Gasteiger partial charge in [0.1, 0.15) is 11.4 Å². The first-order chi connectivity index (χ1) is 22.8. The molecule has 0 saturated heterocycles. The number of carbonyl (C=O) groups is 3. The minimum absolute atomic E-state index is 0.0467. The summed E-state index contributed by atoms with van der Waals surface area (Å²) >= 11 is 2.80. The number of ether oxygens (including phenoxy) is 1. The van der Waals surface area contributed by atoms with Crippen molar-refractivity contribution < 1.29 is 19.1 Å². The van der Waals surface area contributed by atoms with Crippen LogP contribution < -0.4 is 20.7 Å². The van der Waals surface area contributed by atoms with E-state index < -0.39 is 17.1 Å². The second-order valence-electron chi connectivity index (χ2n) is 10.4. The van der Waals surface area contributed by atoms with Crippen molar-refractivity contribution in [3.8, 4) is 17.0 Å². The van der Waals surface area contributed by atoms with E-state index in [1.54, 1.807) is 54.6 Å². The van der Waals surface area contributed by atoms with Crippen LogP contribution in [-0.4, -0.2) is 34.6 Å². The standard InChI is InChI=1S/C37H34N4O4S2/c1-4-45-32-21-12-11-18-28(32)22-31(39-35(43)27-16-9-6-10-17-27)36(44)38-29-19-13-20-30(23-29)46-25(3)34(42)41-37-40-33(24(2)47-37)26-14-7-5-8-15-26/h5-23,25H,4H2,1-3H3,(H,38,44)(H,39,43)(H,40,41,42)/b31-22+. The van der Waals surface area contributed by atoms with Gasteiger partial charge in [0.05, 0.1) is 17.6 Å². The predicted octanol–water partition coefficient (Wildman–Crippen LogP) is 8.05. The zero-order valence-corrected chi connectivity index (χ0v) is 27.8. The predicted molar refractivity (Wildman–Crippen MR) is 191 cm³/mol. The molecule has 5 aromatic rings. The number of nitrogens with one attached hydrogen (secondary N) is 3. The van der Waals surface area contributed by atoms with E-state index >= 15 is 0 Å². The first kappa shape index (κ1) is 33.2. The van der Waals surface area contributed by atoms with Gasteiger partial charge in [0.25, 0.3) is 11.8 Å². The highest BCUT2D eigenvalue weighted by Gasteiger charge is 2.19. The van der Waals surface area contributed by atoms with Gasteiger partial charge in [-0.05, 0) is 63.2 Å². The zero-order valence-electron chi connectivity index (χ0n) is 26.2. The second-order valence-corrected chi connectivity index (χ2v) is 13.0. The molecule has 3 amide bonds. The van der Waals surface area contributed by atoms with Crippen molar-refractivity contribution in [3.63, 3.8) is 0 Å². The largest absolute Gasteiger partial charge is 0.493 e. The number of thioether (sulfide) groups is 1. The SMILES string of the molecule is CCOc1ccccc1/C=C(/NC(=O)c1ccccc1)C(=O)Nc1cccc(SC(C)C(=O)Nc2nc(-c3ccccc3)c(C)s2)c1. The molecule has 8 nitrogen and oxygen atoms in total. The molecule has 0 bridgehead atoms. The van der Waals surface area contributed by atoms with E-state index in [0.717, 1.165) is 21.0 Å². The molecule has 5 rings (SSSR count). The summed E-state index contributed by atoms with van der Waals surface area (Å²) in [5.41, 5.74) is 3.46. The van der Waals surface area contributed by atoms with E-state index in [-0.39, 0.29) is 11.6 Å². The van der Waals surface area contributed by atoms with Gasteiger partial charge in [-0.3, -0.25) is 14.4 Å². The van der Waals surface area contributed by atoms with Crippen LogP contribution in [0.25, 0.3) is 17.3 Å². The third-order valence-electron chi connectivity index (χ3n) is 6.90. The van der Waals surface area contributed by atoms with E-state index in [2.05, 4.69) is 20.9 Å². The number of nitrogens with zero attached hydrogens (tertiary/aromatic N) is 1.